The molecule has 2 aromatic rings. The molecule has 1 aromatic carbocycles. The molecule has 2 N–H and O–H groups in total. The van der Waals surface area contributed by atoms with E-state index in [2.05, 4.69) is 0 Å². The maximum Gasteiger partial charge on any atom is 0.272 e. The molecule has 90 valence electrons. The minimum absolute atomic E-state index is 0.0868. The fraction of sp³-hybridized carbons (Fsp3) is 0.0833. The average molecular weight is 259 g/mol. The van der Waals surface area contributed by atoms with Crippen molar-refractivity contribution in [3.05, 3.63) is 44.8 Å². The van der Waals surface area contributed by atoms with E-state index in [0.717, 1.165) is 10.4 Å². The summed E-state index contributed by atoms with van der Waals surface area (Å²) in [6.07, 6.45) is 0. The van der Waals surface area contributed by atoms with Gasteiger partial charge in [0.2, 0.25) is 0 Å². The zero-order valence-electron chi connectivity index (χ0n) is 9.51. The molecule has 0 aliphatic heterocycles. The largest absolute Gasteiger partial charge is 0.397 e. The van der Waals surface area contributed by atoms with Crippen LogP contribution in [0.1, 0.15) is 10.4 Å². The third-order valence-electron chi connectivity index (χ3n) is 2.54. The average Bonchev–Trinajstić information content (AvgIpc) is 2.70. The molecule has 1 heterocycles. The summed E-state index contributed by atoms with van der Waals surface area (Å²) in [5.74, 6) is 0. The third kappa shape index (κ3) is 2.04. The Morgan fingerprint density at radius 3 is 2.67 bits per heavy atom. The zero-order chi connectivity index (χ0) is 13.3. The fourth-order valence-corrected chi connectivity index (χ4v) is 2.52. The predicted molar refractivity (Wildman–Crippen MR) is 70.3 cm³/mol. The highest BCUT2D eigenvalue weighted by atomic mass is 32.1. The minimum Gasteiger partial charge on any atom is -0.397 e. The van der Waals surface area contributed by atoms with Crippen LogP contribution in [0.3, 0.4) is 0 Å². The van der Waals surface area contributed by atoms with E-state index in [1.54, 1.807) is 25.1 Å². The molecule has 0 aliphatic rings. The number of anilines is 1. The molecule has 0 amide bonds. The second-order valence-corrected chi connectivity index (χ2v) is 4.82. The number of hydrogen-bond acceptors (Lipinski definition) is 5. The van der Waals surface area contributed by atoms with E-state index in [9.17, 15) is 10.1 Å². The second kappa shape index (κ2) is 4.47. The van der Waals surface area contributed by atoms with Crippen LogP contribution >= 0.6 is 11.3 Å². The summed E-state index contributed by atoms with van der Waals surface area (Å²) in [5.41, 5.74) is 7.63. The van der Waals surface area contributed by atoms with Gasteiger partial charge in [-0.3, -0.25) is 10.1 Å². The van der Waals surface area contributed by atoms with E-state index in [1.165, 1.54) is 17.4 Å². The van der Waals surface area contributed by atoms with Gasteiger partial charge in [0.05, 0.1) is 10.6 Å². The van der Waals surface area contributed by atoms with E-state index in [-0.39, 0.29) is 5.69 Å². The minimum atomic E-state index is -0.414. The SMILES string of the molecule is Cc1cc(-c2cc(N)c(C#N)s2)ccc1[N+](=O)[O-]. The molecule has 0 spiro atoms. The lowest BCUT2D eigenvalue weighted by Crippen LogP contribution is -1.91. The van der Waals surface area contributed by atoms with Crippen molar-refractivity contribution in [2.45, 2.75) is 6.92 Å². The summed E-state index contributed by atoms with van der Waals surface area (Å²) < 4.78 is 0. The lowest BCUT2D eigenvalue weighted by Gasteiger charge is -2.00. The van der Waals surface area contributed by atoms with Crippen LogP contribution in [0.4, 0.5) is 11.4 Å². The molecule has 0 saturated heterocycles. The Morgan fingerprint density at radius 2 is 2.17 bits per heavy atom. The van der Waals surface area contributed by atoms with Crippen LogP contribution in [-0.4, -0.2) is 4.92 Å². The van der Waals surface area contributed by atoms with Crippen molar-refractivity contribution in [1.82, 2.24) is 0 Å². The highest BCUT2D eigenvalue weighted by molar-refractivity contribution is 7.16. The van der Waals surface area contributed by atoms with Crippen molar-refractivity contribution in [2.24, 2.45) is 0 Å². The summed E-state index contributed by atoms with van der Waals surface area (Å²) in [7, 11) is 0. The van der Waals surface area contributed by atoms with Gasteiger partial charge in [0.25, 0.3) is 5.69 Å². The third-order valence-corrected chi connectivity index (χ3v) is 3.64. The van der Waals surface area contributed by atoms with Gasteiger partial charge >= 0.3 is 0 Å². The Kier molecular flexibility index (Phi) is 3.00. The lowest BCUT2D eigenvalue weighted by molar-refractivity contribution is -0.385. The first-order valence-corrected chi connectivity index (χ1v) is 5.89. The molecule has 2 rings (SSSR count). The van der Waals surface area contributed by atoms with Crippen molar-refractivity contribution in [3.8, 4) is 16.5 Å². The monoisotopic (exact) mass is 259 g/mol. The fourth-order valence-electron chi connectivity index (χ4n) is 1.65. The van der Waals surface area contributed by atoms with Crippen LogP contribution in [0.2, 0.25) is 0 Å². The van der Waals surface area contributed by atoms with Gasteiger partial charge in [0, 0.05) is 16.5 Å². The van der Waals surface area contributed by atoms with Crippen LogP contribution in [0.25, 0.3) is 10.4 Å². The van der Waals surface area contributed by atoms with Gasteiger partial charge in [0.1, 0.15) is 10.9 Å². The Bertz CT molecular complexity index is 670. The number of benzene rings is 1. The molecule has 1 aromatic heterocycles. The number of nitriles is 1. The first-order chi connectivity index (χ1) is 8.52. The molecular weight excluding hydrogens is 250 g/mol. The number of thiophene rings is 1. The summed E-state index contributed by atoms with van der Waals surface area (Å²) in [4.78, 5) is 11.6. The Balaban J connectivity index is 2.49. The molecule has 6 heteroatoms. The lowest BCUT2D eigenvalue weighted by atomic mass is 10.1. The van der Waals surface area contributed by atoms with Crippen molar-refractivity contribution in [1.29, 1.82) is 5.26 Å². The number of nitro groups is 1. The van der Waals surface area contributed by atoms with Crippen molar-refractivity contribution < 1.29 is 4.92 Å². The maximum atomic E-state index is 10.7. The van der Waals surface area contributed by atoms with E-state index in [1.807, 2.05) is 6.07 Å². The number of nitrogen functional groups attached to an aromatic ring is 1. The molecule has 0 radical (unpaired) electrons. The summed E-state index contributed by atoms with van der Waals surface area (Å²) >= 11 is 1.28. The first-order valence-electron chi connectivity index (χ1n) is 5.07. The molecular formula is C12H9N3O2S. The number of aryl methyl sites for hydroxylation is 1. The topological polar surface area (TPSA) is 93.0 Å². The van der Waals surface area contributed by atoms with Crippen LogP contribution < -0.4 is 5.73 Å². The maximum absolute atomic E-state index is 10.7. The Hall–Kier alpha value is -2.39. The van der Waals surface area contributed by atoms with Crippen molar-refractivity contribution in [2.75, 3.05) is 5.73 Å². The van der Waals surface area contributed by atoms with Crippen molar-refractivity contribution >= 4 is 22.7 Å². The highest BCUT2D eigenvalue weighted by Gasteiger charge is 2.13. The smallest absolute Gasteiger partial charge is 0.272 e. The van der Waals surface area contributed by atoms with Gasteiger partial charge in [0.15, 0.2) is 0 Å². The second-order valence-electron chi connectivity index (χ2n) is 3.77. The number of nitrogens with two attached hydrogens (primary N) is 1. The van der Waals surface area contributed by atoms with Crippen molar-refractivity contribution in [3.63, 3.8) is 0 Å². The molecule has 0 unspecified atom stereocenters. The van der Waals surface area contributed by atoms with Gasteiger partial charge in [-0.2, -0.15) is 5.26 Å². The summed E-state index contributed by atoms with van der Waals surface area (Å²) in [5, 5.41) is 19.6. The summed E-state index contributed by atoms with van der Waals surface area (Å²) in [6.45, 7) is 1.68. The quantitative estimate of drug-likeness (QED) is 0.662. The highest BCUT2D eigenvalue weighted by Crippen LogP contribution is 2.34. The Morgan fingerprint density at radius 1 is 1.44 bits per heavy atom. The van der Waals surface area contributed by atoms with Gasteiger partial charge in [-0.1, -0.05) is 0 Å². The molecule has 0 fully saturated rings. The molecule has 5 nitrogen and oxygen atoms in total. The van der Waals surface area contributed by atoms with Gasteiger partial charge < -0.3 is 5.73 Å². The molecule has 0 atom stereocenters. The number of rotatable bonds is 2. The van der Waals surface area contributed by atoms with Gasteiger partial charge in [-0.05, 0) is 30.7 Å². The molecule has 0 saturated carbocycles. The van der Waals surface area contributed by atoms with Crippen LogP contribution in [0.15, 0.2) is 24.3 Å². The van der Waals surface area contributed by atoms with Crippen LogP contribution in [-0.2, 0) is 0 Å². The number of nitrogens with zero attached hydrogens (tertiary/aromatic N) is 2. The standard InChI is InChI=1S/C12H9N3O2S/c1-7-4-8(2-3-10(7)15(16)17)11-5-9(14)12(6-13)18-11/h2-5H,14H2,1H3. The molecule has 0 aliphatic carbocycles. The van der Waals surface area contributed by atoms with Crippen LogP contribution in [0.5, 0.6) is 0 Å². The van der Waals surface area contributed by atoms with E-state index >= 15 is 0 Å². The molecule has 0 bridgehead atoms. The normalized spacial score (nSPS) is 10.0. The molecule has 18 heavy (non-hydrogen) atoms. The van der Waals surface area contributed by atoms with E-state index < -0.39 is 4.92 Å². The van der Waals surface area contributed by atoms with E-state index in [0.29, 0.717) is 16.1 Å². The van der Waals surface area contributed by atoms with E-state index in [4.69, 9.17) is 11.0 Å². The van der Waals surface area contributed by atoms with Crippen LogP contribution in [0, 0.1) is 28.4 Å². The summed E-state index contributed by atoms with van der Waals surface area (Å²) in [6, 6.07) is 8.58. The van der Waals surface area contributed by atoms with Gasteiger partial charge in [-0.15, -0.1) is 11.3 Å². The Labute approximate surface area is 107 Å². The predicted octanol–water partition coefficient (Wildman–Crippen LogP) is 3.09. The zero-order valence-corrected chi connectivity index (χ0v) is 10.3. The number of hydrogen-bond donors (Lipinski definition) is 1. The number of nitro benzene ring substituents is 1. The van der Waals surface area contributed by atoms with Gasteiger partial charge in [-0.25, -0.2) is 0 Å². The first kappa shape index (κ1) is 12.1.